The maximum atomic E-state index is 13.0. The van der Waals surface area contributed by atoms with Gasteiger partial charge in [-0.1, -0.05) is 11.6 Å². The van der Waals surface area contributed by atoms with Gasteiger partial charge in [0.25, 0.3) is 6.02 Å². The van der Waals surface area contributed by atoms with Crippen LogP contribution in [0.1, 0.15) is 13.3 Å². The molecule has 0 saturated heterocycles. The molecule has 2 atom stereocenters. The molecule has 4 nitrogen and oxygen atoms in total. The zero-order valence-corrected chi connectivity index (χ0v) is 10.7. The topological polar surface area (TPSA) is 56.8 Å². The van der Waals surface area contributed by atoms with Gasteiger partial charge >= 0.3 is 0 Å². The van der Waals surface area contributed by atoms with Crippen LogP contribution < -0.4 is 10.5 Å². The molecule has 0 amide bonds. The van der Waals surface area contributed by atoms with E-state index in [1.54, 1.807) is 6.07 Å². The molecule has 0 radical (unpaired) electrons. The number of rotatable bonds is 4. The molecule has 0 fully saturated rings. The number of aliphatic imine (C=N–C) groups is 1. The average molecular weight is 273 g/mol. The van der Waals surface area contributed by atoms with Crippen LogP contribution in [0.25, 0.3) is 0 Å². The lowest BCUT2D eigenvalue weighted by molar-refractivity contribution is 0.189. The molecule has 0 spiro atoms. The highest BCUT2D eigenvalue weighted by Gasteiger charge is 2.20. The quantitative estimate of drug-likeness (QED) is 0.915. The average Bonchev–Trinajstić information content (AvgIpc) is 2.69. The van der Waals surface area contributed by atoms with Crippen molar-refractivity contribution in [3.63, 3.8) is 0 Å². The first kappa shape index (κ1) is 13.0. The fourth-order valence-corrected chi connectivity index (χ4v) is 1.94. The van der Waals surface area contributed by atoms with Crippen LogP contribution in [0.5, 0.6) is 5.75 Å². The summed E-state index contributed by atoms with van der Waals surface area (Å²) < 4.78 is 23.7. The molecule has 1 aromatic rings. The van der Waals surface area contributed by atoms with Crippen molar-refractivity contribution < 1.29 is 13.9 Å². The van der Waals surface area contributed by atoms with Gasteiger partial charge in [0.15, 0.2) is 0 Å². The fourth-order valence-electron chi connectivity index (χ4n) is 1.77. The van der Waals surface area contributed by atoms with Gasteiger partial charge in [0, 0.05) is 12.5 Å². The summed E-state index contributed by atoms with van der Waals surface area (Å²) in [5.41, 5.74) is 5.42. The van der Waals surface area contributed by atoms with Gasteiger partial charge in [-0.15, -0.1) is 0 Å². The Bertz CT molecular complexity index is 467. The zero-order chi connectivity index (χ0) is 13.1. The summed E-state index contributed by atoms with van der Waals surface area (Å²) in [6, 6.07) is 4.50. The van der Waals surface area contributed by atoms with Crippen molar-refractivity contribution in [1.82, 2.24) is 0 Å². The Kier molecular flexibility index (Phi) is 3.91. The van der Waals surface area contributed by atoms with Crippen LogP contribution in [0.15, 0.2) is 23.2 Å². The fraction of sp³-hybridized carbons (Fsp3) is 0.417. The number of benzene rings is 1. The smallest absolute Gasteiger partial charge is 0.282 e. The Labute approximate surface area is 110 Å². The van der Waals surface area contributed by atoms with E-state index in [1.807, 2.05) is 6.92 Å². The number of nitrogens with two attached hydrogens (primary N) is 1. The third kappa shape index (κ3) is 3.26. The van der Waals surface area contributed by atoms with Crippen molar-refractivity contribution in [2.45, 2.75) is 25.5 Å². The van der Waals surface area contributed by atoms with E-state index in [9.17, 15) is 4.39 Å². The van der Waals surface area contributed by atoms with E-state index in [0.717, 1.165) is 0 Å². The number of halogens is 2. The highest BCUT2D eigenvalue weighted by atomic mass is 35.5. The zero-order valence-electron chi connectivity index (χ0n) is 9.90. The van der Waals surface area contributed by atoms with Gasteiger partial charge in [-0.05, 0) is 19.1 Å². The first-order valence-electron chi connectivity index (χ1n) is 5.62. The molecule has 0 aliphatic carbocycles. The molecule has 0 saturated carbocycles. The lowest BCUT2D eigenvalue weighted by Gasteiger charge is -2.16. The molecular weight excluding hydrogens is 259 g/mol. The molecule has 18 heavy (non-hydrogen) atoms. The van der Waals surface area contributed by atoms with Crippen molar-refractivity contribution in [3.8, 4) is 5.75 Å². The van der Waals surface area contributed by atoms with Crippen LogP contribution in [0.4, 0.5) is 4.39 Å². The Morgan fingerprint density at radius 3 is 3.06 bits per heavy atom. The minimum atomic E-state index is -0.460. The Balaban J connectivity index is 1.90. The van der Waals surface area contributed by atoms with Gasteiger partial charge in [-0.25, -0.2) is 9.38 Å². The summed E-state index contributed by atoms with van der Waals surface area (Å²) in [4.78, 5) is 4.11. The maximum Gasteiger partial charge on any atom is 0.282 e. The minimum Gasteiger partial charge on any atom is -0.491 e. The number of amidine groups is 1. The van der Waals surface area contributed by atoms with Crippen molar-refractivity contribution in [1.29, 1.82) is 0 Å². The molecule has 2 N–H and O–H groups in total. The van der Waals surface area contributed by atoms with E-state index < -0.39 is 5.82 Å². The van der Waals surface area contributed by atoms with Crippen LogP contribution >= 0.6 is 11.6 Å². The van der Waals surface area contributed by atoms with Crippen LogP contribution in [-0.2, 0) is 4.74 Å². The third-order valence-electron chi connectivity index (χ3n) is 2.57. The number of nitrogens with zero attached hydrogens (tertiary/aromatic N) is 1. The van der Waals surface area contributed by atoms with Crippen LogP contribution in [-0.4, -0.2) is 24.8 Å². The van der Waals surface area contributed by atoms with Gasteiger partial charge < -0.3 is 15.2 Å². The van der Waals surface area contributed by atoms with Crippen molar-refractivity contribution >= 4 is 17.6 Å². The van der Waals surface area contributed by atoms with Gasteiger partial charge in [-0.2, -0.15) is 0 Å². The maximum absolute atomic E-state index is 13.0. The van der Waals surface area contributed by atoms with Gasteiger partial charge in [0.1, 0.15) is 18.2 Å². The molecule has 98 valence electrons. The molecule has 1 heterocycles. The summed E-state index contributed by atoms with van der Waals surface area (Å²) in [5.74, 6) is 0.0722. The van der Waals surface area contributed by atoms with E-state index in [4.69, 9.17) is 26.8 Å². The van der Waals surface area contributed by atoms with E-state index in [1.165, 1.54) is 12.1 Å². The Morgan fingerprint density at radius 2 is 2.44 bits per heavy atom. The van der Waals surface area contributed by atoms with E-state index in [-0.39, 0.29) is 23.2 Å². The monoisotopic (exact) mass is 272 g/mol. The second-order valence-electron chi connectivity index (χ2n) is 4.17. The molecule has 1 aliphatic heterocycles. The summed E-state index contributed by atoms with van der Waals surface area (Å²) in [5, 5.41) is 0.0474. The molecule has 0 aromatic heterocycles. The van der Waals surface area contributed by atoms with Crippen LogP contribution in [0.2, 0.25) is 5.02 Å². The Morgan fingerprint density at radius 1 is 1.67 bits per heavy atom. The van der Waals surface area contributed by atoms with Gasteiger partial charge in [-0.3, -0.25) is 0 Å². The van der Waals surface area contributed by atoms with Gasteiger partial charge in [0.2, 0.25) is 0 Å². The summed E-state index contributed by atoms with van der Waals surface area (Å²) in [7, 11) is 0. The minimum absolute atomic E-state index is 0.0101. The second-order valence-corrected chi connectivity index (χ2v) is 4.58. The third-order valence-corrected chi connectivity index (χ3v) is 2.86. The van der Waals surface area contributed by atoms with Crippen LogP contribution in [0.3, 0.4) is 0 Å². The normalized spacial score (nSPS) is 20.2. The Hall–Kier alpha value is -1.49. The first-order chi connectivity index (χ1) is 8.54. The largest absolute Gasteiger partial charge is 0.491 e. The van der Waals surface area contributed by atoms with Crippen molar-refractivity contribution in [2.24, 2.45) is 10.7 Å². The summed E-state index contributed by atoms with van der Waals surface area (Å²) in [6.07, 6.45) is 0.588. The van der Waals surface area contributed by atoms with Crippen molar-refractivity contribution in [2.75, 3.05) is 6.61 Å². The lowest BCUT2D eigenvalue weighted by Crippen LogP contribution is -2.20. The molecule has 1 aliphatic rings. The SMILES string of the molecule is C[C@@H](C[C@@H]1COC(N)=N1)Oc1ccc(F)c(Cl)c1. The van der Waals surface area contributed by atoms with E-state index in [0.29, 0.717) is 18.8 Å². The molecule has 2 rings (SSSR count). The molecule has 0 unspecified atom stereocenters. The first-order valence-corrected chi connectivity index (χ1v) is 6.00. The lowest BCUT2D eigenvalue weighted by atomic mass is 10.1. The highest BCUT2D eigenvalue weighted by molar-refractivity contribution is 6.30. The molecule has 0 bridgehead atoms. The molecule has 6 heteroatoms. The number of hydrogen-bond acceptors (Lipinski definition) is 4. The van der Waals surface area contributed by atoms with Gasteiger partial charge in [0.05, 0.1) is 17.2 Å². The van der Waals surface area contributed by atoms with Crippen molar-refractivity contribution in [3.05, 3.63) is 29.0 Å². The highest BCUT2D eigenvalue weighted by Crippen LogP contribution is 2.23. The molecule has 1 aromatic carbocycles. The van der Waals surface area contributed by atoms with E-state index in [2.05, 4.69) is 4.99 Å². The second kappa shape index (κ2) is 5.44. The number of hydrogen-bond donors (Lipinski definition) is 1. The predicted molar refractivity (Wildman–Crippen MR) is 67.5 cm³/mol. The van der Waals surface area contributed by atoms with E-state index >= 15 is 0 Å². The van der Waals surface area contributed by atoms with Crippen LogP contribution in [0, 0.1) is 5.82 Å². The standard InChI is InChI=1S/C12H14ClFN2O2/c1-7(4-8-6-17-12(15)16-8)18-9-2-3-11(14)10(13)5-9/h2-3,5,7-8H,4,6H2,1H3,(H2,15,16)/t7-,8+/m0/s1. The predicted octanol–water partition coefficient (Wildman–Crippen LogP) is 2.35. The number of ether oxygens (including phenoxy) is 2. The summed E-state index contributed by atoms with van der Waals surface area (Å²) >= 11 is 5.67. The summed E-state index contributed by atoms with van der Waals surface area (Å²) in [6.45, 7) is 2.38. The molecular formula is C12H14ClFN2O2.